The molecule has 2 aliphatic rings. The standard InChI is InChI=1S/C17H22/c1-13(11-12-14-7-3-2-4-8-14)17-15-9-5-6-10-16(15)17/h2-4,7-8,15-16H,5-6,9-12H2,1H3. The van der Waals surface area contributed by atoms with E-state index < -0.39 is 0 Å². The smallest absolute Gasteiger partial charge is 0.0132 e. The second-order valence-corrected chi connectivity index (χ2v) is 5.72. The average Bonchev–Trinajstić information content (AvgIpc) is 3.11. The molecular weight excluding hydrogens is 204 g/mol. The normalized spacial score (nSPS) is 26.5. The van der Waals surface area contributed by atoms with Crippen LogP contribution in [0, 0.1) is 11.8 Å². The highest BCUT2D eigenvalue weighted by molar-refractivity contribution is 5.35. The van der Waals surface area contributed by atoms with Crippen molar-refractivity contribution >= 4 is 0 Å². The van der Waals surface area contributed by atoms with Gasteiger partial charge in [-0.15, -0.1) is 0 Å². The summed E-state index contributed by atoms with van der Waals surface area (Å²) in [4.78, 5) is 0. The van der Waals surface area contributed by atoms with Crippen LogP contribution in [0.1, 0.15) is 44.6 Å². The Balaban J connectivity index is 1.61. The summed E-state index contributed by atoms with van der Waals surface area (Å²) < 4.78 is 0. The van der Waals surface area contributed by atoms with Gasteiger partial charge in [0.2, 0.25) is 0 Å². The van der Waals surface area contributed by atoms with Crippen LogP contribution in [0.25, 0.3) is 0 Å². The van der Waals surface area contributed by atoms with Gasteiger partial charge in [-0.1, -0.05) is 54.3 Å². The molecule has 2 aliphatic carbocycles. The van der Waals surface area contributed by atoms with Gasteiger partial charge in [-0.2, -0.15) is 0 Å². The fraction of sp³-hybridized carbons (Fsp3) is 0.529. The number of hydrogen-bond acceptors (Lipinski definition) is 0. The van der Waals surface area contributed by atoms with Gasteiger partial charge in [0, 0.05) is 0 Å². The molecule has 0 aromatic heterocycles. The molecule has 1 aromatic carbocycles. The molecule has 1 aromatic rings. The van der Waals surface area contributed by atoms with Crippen LogP contribution in [0.5, 0.6) is 0 Å². The lowest BCUT2D eigenvalue weighted by molar-refractivity contribution is 0.480. The molecule has 2 atom stereocenters. The molecule has 17 heavy (non-hydrogen) atoms. The minimum absolute atomic E-state index is 1.000. The number of allylic oxidation sites excluding steroid dienone is 2. The molecule has 0 aliphatic heterocycles. The zero-order valence-corrected chi connectivity index (χ0v) is 10.8. The third kappa shape index (κ3) is 2.31. The maximum absolute atomic E-state index is 2.37. The Bertz CT molecular complexity index is 399. The summed E-state index contributed by atoms with van der Waals surface area (Å²) in [6.07, 6.45) is 8.38. The van der Waals surface area contributed by atoms with E-state index in [-0.39, 0.29) is 0 Å². The largest absolute Gasteiger partial charge is 0.0732 e. The summed E-state index contributed by atoms with van der Waals surface area (Å²) in [6, 6.07) is 10.9. The maximum atomic E-state index is 2.37. The Kier molecular flexibility index (Phi) is 3.05. The number of benzene rings is 1. The van der Waals surface area contributed by atoms with Crippen LogP contribution in [0.3, 0.4) is 0 Å². The minimum atomic E-state index is 1.000. The average molecular weight is 226 g/mol. The monoisotopic (exact) mass is 226 g/mol. The second-order valence-electron chi connectivity index (χ2n) is 5.72. The van der Waals surface area contributed by atoms with Gasteiger partial charge < -0.3 is 0 Å². The van der Waals surface area contributed by atoms with Crippen LogP contribution in [0.2, 0.25) is 0 Å². The maximum Gasteiger partial charge on any atom is -0.0132 e. The van der Waals surface area contributed by atoms with Crippen LogP contribution in [0.15, 0.2) is 41.5 Å². The van der Waals surface area contributed by atoms with Crippen molar-refractivity contribution in [3.8, 4) is 0 Å². The molecule has 0 N–H and O–H groups in total. The molecule has 0 heteroatoms. The minimum Gasteiger partial charge on any atom is -0.0732 e. The molecule has 0 spiro atoms. The van der Waals surface area contributed by atoms with Crippen molar-refractivity contribution in [2.75, 3.05) is 0 Å². The van der Waals surface area contributed by atoms with Crippen molar-refractivity contribution in [3.05, 3.63) is 47.0 Å². The van der Waals surface area contributed by atoms with Crippen LogP contribution < -0.4 is 0 Å². The van der Waals surface area contributed by atoms with Gasteiger partial charge in [0.05, 0.1) is 0 Å². The third-order valence-corrected chi connectivity index (χ3v) is 4.58. The summed E-state index contributed by atoms with van der Waals surface area (Å²) in [5.74, 6) is 2.00. The highest BCUT2D eigenvalue weighted by Crippen LogP contribution is 2.56. The lowest BCUT2D eigenvalue weighted by atomic mass is 10.0. The summed E-state index contributed by atoms with van der Waals surface area (Å²) in [5.41, 5.74) is 5.03. The predicted molar refractivity (Wildman–Crippen MR) is 72.9 cm³/mol. The molecular formula is C17H22. The third-order valence-electron chi connectivity index (χ3n) is 4.58. The second kappa shape index (κ2) is 4.68. The molecule has 0 radical (unpaired) electrons. The van der Waals surface area contributed by atoms with E-state index in [4.69, 9.17) is 0 Å². The zero-order chi connectivity index (χ0) is 11.7. The molecule has 90 valence electrons. The fourth-order valence-electron chi connectivity index (χ4n) is 3.57. The molecule has 0 amide bonds. The van der Waals surface area contributed by atoms with E-state index in [1.54, 1.807) is 5.57 Å². The summed E-state index contributed by atoms with van der Waals surface area (Å²) in [7, 11) is 0. The highest BCUT2D eigenvalue weighted by atomic mass is 14.5. The molecule has 0 nitrogen and oxygen atoms in total. The van der Waals surface area contributed by atoms with Gasteiger partial charge in [-0.05, 0) is 50.0 Å². The summed E-state index contributed by atoms with van der Waals surface area (Å²) in [6.45, 7) is 2.37. The Morgan fingerprint density at radius 1 is 1.06 bits per heavy atom. The van der Waals surface area contributed by atoms with Crippen LogP contribution in [-0.2, 0) is 6.42 Å². The summed E-state index contributed by atoms with van der Waals surface area (Å²) in [5, 5.41) is 0. The number of rotatable bonds is 3. The van der Waals surface area contributed by atoms with Crippen molar-refractivity contribution < 1.29 is 0 Å². The van der Waals surface area contributed by atoms with E-state index in [9.17, 15) is 0 Å². The number of fused-ring (bicyclic) bond motifs is 1. The molecule has 2 saturated carbocycles. The highest BCUT2D eigenvalue weighted by Gasteiger charge is 2.45. The summed E-state index contributed by atoms with van der Waals surface area (Å²) >= 11 is 0. The molecule has 0 bridgehead atoms. The zero-order valence-electron chi connectivity index (χ0n) is 10.8. The van der Waals surface area contributed by atoms with Gasteiger partial charge >= 0.3 is 0 Å². The molecule has 2 unspecified atom stereocenters. The van der Waals surface area contributed by atoms with Gasteiger partial charge in [-0.3, -0.25) is 0 Å². The van der Waals surface area contributed by atoms with E-state index >= 15 is 0 Å². The number of aryl methyl sites for hydroxylation is 1. The van der Waals surface area contributed by atoms with E-state index in [1.807, 2.05) is 5.57 Å². The van der Waals surface area contributed by atoms with Crippen molar-refractivity contribution in [1.82, 2.24) is 0 Å². The Hall–Kier alpha value is -1.04. The van der Waals surface area contributed by atoms with Crippen LogP contribution in [-0.4, -0.2) is 0 Å². The first-order valence-corrected chi connectivity index (χ1v) is 7.09. The van der Waals surface area contributed by atoms with Crippen LogP contribution in [0.4, 0.5) is 0 Å². The van der Waals surface area contributed by atoms with E-state index in [2.05, 4.69) is 37.3 Å². The van der Waals surface area contributed by atoms with Gasteiger partial charge in [0.15, 0.2) is 0 Å². The SMILES string of the molecule is CC(CCc1ccccc1)=C1C2CCCCC12. The first-order chi connectivity index (χ1) is 8.36. The van der Waals surface area contributed by atoms with Gasteiger partial charge in [0.1, 0.15) is 0 Å². The number of hydrogen-bond donors (Lipinski definition) is 0. The molecule has 3 rings (SSSR count). The van der Waals surface area contributed by atoms with Crippen molar-refractivity contribution in [1.29, 1.82) is 0 Å². The Labute approximate surface area is 105 Å². The lowest BCUT2D eigenvalue weighted by Gasteiger charge is -2.04. The molecule has 0 heterocycles. The van der Waals surface area contributed by atoms with Gasteiger partial charge in [0.25, 0.3) is 0 Å². The van der Waals surface area contributed by atoms with Crippen molar-refractivity contribution in [2.45, 2.75) is 45.4 Å². The first kappa shape index (κ1) is 11.1. The Morgan fingerprint density at radius 3 is 2.35 bits per heavy atom. The van der Waals surface area contributed by atoms with E-state index in [0.29, 0.717) is 0 Å². The van der Waals surface area contributed by atoms with E-state index in [0.717, 1.165) is 11.8 Å². The van der Waals surface area contributed by atoms with Crippen molar-refractivity contribution in [3.63, 3.8) is 0 Å². The molecule has 2 fully saturated rings. The Morgan fingerprint density at radius 2 is 1.71 bits per heavy atom. The first-order valence-electron chi connectivity index (χ1n) is 7.09. The predicted octanol–water partition coefficient (Wildman–Crippen LogP) is 4.76. The van der Waals surface area contributed by atoms with Crippen LogP contribution >= 0.6 is 0 Å². The van der Waals surface area contributed by atoms with Crippen molar-refractivity contribution in [2.24, 2.45) is 11.8 Å². The van der Waals surface area contributed by atoms with E-state index in [1.165, 1.54) is 44.1 Å². The quantitative estimate of drug-likeness (QED) is 0.652. The van der Waals surface area contributed by atoms with Gasteiger partial charge in [-0.25, -0.2) is 0 Å². The molecule has 0 saturated heterocycles. The topological polar surface area (TPSA) is 0 Å². The lowest BCUT2D eigenvalue weighted by Crippen LogP contribution is -1.91. The fourth-order valence-corrected chi connectivity index (χ4v) is 3.57.